The molecule has 0 aliphatic heterocycles. The van der Waals surface area contributed by atoms with Gasteiger partial charge < -0.3 is 0 Å². The monoisotopic (exact) mass is 450 g/mol. The molecular formula is C27H46O3S. The van der Waals surface area contributed by atoms with Crippen molar-refractivity contribution >= 4 is 10.1 Å². The highest BCUT2D eigenvalue weighted by Gasteiger charge is 2.17. The molecule has 31 heavy (non-hydrogen) atoms. The van der Waals surface area contributed by atoms with E-state index in [2.05, 4.69) is 13.5 Å². The number of allylic oxidation sites excluding steroid dienone is 1. The van der Waals surface area contributed by atoms with Gasteiger partial charge >= 0.3 is 0 Å². The van der Waals surface area contributed by atoms with Crippen LogP contribution in [0.5, 0.6) is 0 Å². The number of hydrogen-bond acceptors (Lipinski definition) is 2. The van der Waals surface area contributed by atoms with E-state index in [1.54, 1.807) is 12.1 Å². The highest BCUT2D eigenvalue weighted by molar-refractivity contribution is 7.85. The Labute approximate surface area is 192 Å². The summed E-state index contributed by atoms with van der Waals surface area (Å²) >= 11 is 0. The van der Waals surface area contributed by atoms with Gasteiger partial charge in [-0.3, -0.25) is 4.55 Å². The predicted octanol–water partition coefficient (Wildman–Crippen LogP) is 8.47. The van der Waals surface area contributed by atoms with E-state index in [1.165, 1.54) is 70.6 Å². The normalized spacial score (nSPS) is 11.7. The quantitative estimate of drug-likeness (QED) is 0.123. The Kier molecular flexibility index (Phi) is 15.7. The summed E-state index contributed by atoms with van der Waals surface area (Å²) in [6, 6.07) is 5.37. The number of aryl methyl sites for hydroxylation is 1. The SMILES string of the molecule is C=CCCCCCCCc1c(CCCCCCCCCCCC)cccc1S(=O)(=O)O. The molecule has 0 aliphatic carbocycles. The number of unbranched alkanes of at least 4 members (excludes halogenated alkanes) is 14. The fourth-order valence-electron chi connectivity index (χ4n) is 4.29. The van der Waals surface area contributed by atoms with Gasteiger partial charge in [-0.05, 0) is 55.7 Å². The van der Waals surface area contributed by atoms with Crippen LogP contribution in [0.2, 0.25) is 0 Å². The molecule has 0 radical (unpaired) electrons. The van der Waals surface area contributed by atoms with E-state index < -0.39 is 10.1 Å². The zero-order valence-electron chi connectivity index (χ0n) is 19.9. The number of benzene rings is 1. The van der Waals surface area contributed by atoms with Gasteiger partial charge in [0.05, 0.1) is 4.90 Å². The first-order chi connectivity index (χ1) is 15.0. The van der Waals surface area contributed by atoms with Gasteiger partial charge in [0.1, 0.15) is 0 Å². The zero-order valence-corrected chi connectivity index (χ0v) is 20.7. The lowest BCUT2D eigenvalue weighted by molar-refractivity contribution is 0.481. The second-order valence-electron chi connectivity index (χ2n) is 8.90. The molecule has 0 spiro atoms. The topological polar surface area (TPSA) is 54.4 Å². The summed E-state index contributed by atoms with van der Waals surface area (Å²) in [5.41, 5.74) is 1.94. The van der Waals surface area contributed by atoms with Crippen LogP contribution in [0.3, 0.4) is 0 Å². The van der Waals surface area contributed by atoms with Crippen LogP contribution in [0.1, 0.15) is 121 Å². The molecule has 0 aromatic heterocycles. The molecule has 1 rings (SSSR count). The van der Waals surface area contributed by atoms with Crippen LogP contribution in [0.15, 0.2) is 35.7 Å². The molecule has 0 atom stereocenters. The third-order valence-corrected chi connectivity index (χ3v) is 7.08. The van der Waals surface area contributed by atoms with Gasteiger partial charge in [-0.25, -0.2) is 0 Å². The standard InChI is InChI=1S/C27H46O3S/c1-3-5-7-9-11-12-13-15-16-18-21-25-22-20-24-27(31(28,29)30)26(25)23-19-17-14-10-8-6-4-2/h4,20,22,24H,2-3,5-19,21,23H2,1H3,(H,28,29,30). The van der Waals surface area contributed by atoms with Gasteiger partial charge in [0.25, 0.3) is 10.1 Å². The molecule has 1 N–H and O–H groups in total. The minimum Gasteiger partial charge on any atom is -0.282 e. The van der Waals surface area contributed by atoms with Crippen LogP contribution in [-0.4, -0.2) is 13.0 Å². The molecule has 0 saturated heterocycles. The predicted molar refractivity (Wildman–Crippen MR) is 133 cm³/mol. The minimum atomic E-state index is -4.17. The molecule has 0 aliphatic rings. The average molecular weight is 451 g/mol. The van der Waals surface area contributed by atoms with Gasteiger partial charge in [0.2, 0.25) is 0 Å². The molecule has 0 fully saturated rings. The molecule has 0 heterocycles. The largest absolute Gasteiger partial charge is 0.294 e. The second-order valence-corrected chi connectivity index (χ2v) is 10.3. The Morgan fingerprint density at radius 3 is 1.84 bits per heavy atom. The molecule has 0 saturated carbocycles. The van der Waals surface area contributed by atoms with E-state index in [4.69, 9.17) is 0 Å². The van der Waals surface area contributed by atoms with Crippen molar-refractivity contribution in [3.8, 4) is 0 Å². The Morgan fingerprint density at radius 1 is 0.774 bits per heavy atom. The molecule has 0 bridgehead atoms. The molecule has 1 aromatic carbocycles. The number of hydrogen-bond donors (Lipinski definition) is 1. The summed E-state index contributed by atoms with van der Waals surface area (Å²) in [6.07, 6.45) is 23.2. The molecule has 4 heteroatoms. The summed E-state index contributed by atoms with van der Waals surface area (Å²) in [5, 5.41) is 0. The van der Waals surface area contributed by atoms with Gasteiger partial charge in [0, 0.05) is 0 Å². The van der Waals surface area contributed by atoms with Gasteiger partial charge in [-0.1, -0.05) is 102 Å². The smallest absolute Gasteiger partial charge is 0.282 e. The molecule has 1 aromatic rings. The van der Waals surface area contributed by atoms with Crippen molar-refractivity contribution in [1.82, 2.24) is 0 Å². The Morgan fingerprint density at radius 2 is 1.29 bits per heavy atom. The highest BCUT2D eigenvalue weighted by Crippen LogP contribution is 2.24. The first kappa shape index (κ1) is 27.9. The molecule has 0 unspecified atom stereocenters. The first-order valence-electron chi connectivity index (χ1n) is 12.7. The second kappa shape index (κ2) is 17.4. The lowest BCUT2D eigenvalue weighted by Gasteiger charge is -2.13. The minimum absolute atomic E-state index is 0.115. The van der Waals surface area contributed by atoms with Crippen LogP contribution in [0.4, 0.5) is 0 Å². The maximum Gasteiger partial charge on any atom is 0.294 e. The van der Waals surface area contributed by atoms with Crippen molar-refractivity contribution in [2.45, 2.75) is 127 Å². The molecule has 3 nitrogen and oxygen atoms in total. The Bertz CT molecular complexity index is 694. The first-order valence-corrected chi connectivity index (χ1v) is 14.1. The maximum atomic E-state index is 11.9. The van der Waals surface area contributed by atoms with Gasteiger partial charge in [-0.2, -0.15) is 8.42 Å². The van der Waals surface area contributed by atoms with Crippen molar-refractivity contribution in [2.24, 2.45) is 0 Å². The fourth-order valence-corrected chi connectivity index (χ4v) is 5.09. The van der Waals surface area contributed by atoms with E-state index in [0.29, 0.717) is 0 Å². The third kappa shape index (κ3) is 13.1. The van der Waals surface area contributed by atoms with Crippen molar-refractivity contribution in [3.63, 3.8) is 0 Å². The van der Waals surface area contributed by atoms with Crippen LogP contribution >= 0.6 is 0 Å². The fraction of sp³-hybridized carbons (Fsp3) is 0.704. The van der Waals surface area contributed by atoms with Crippen LogP contribution < -0.4 is 0 Å². The Balaban J connectivity index is 2.45. The van der Waals surface area contributed by atoms with Crippen molar-refractivity contribution in [3.05, 3.63) is 42.0 Å². The summed E-state index contributed by atoms with van der Waals surface area (Å²) in [6.45, 7) is 6.01. The van der Waals surface area contributed by atoms with E-state index >= 15 is 0 Å². The third-order valence-electron chi connectivity index (χ3n) is 6.14. The molecule has 178 valence electrons. The van der Waals surface area contributed by atoms with E-state index in [1.807, 2.05) is 12.1 Å². The Hall–Kier alpha value is -1.13. The van der Waals surface area contributed by atoms with Crippen LogP contribution in [-0.2, 0) is 23.0 Å². The maximum absolute atomic E-state index is 11.9. The van der Waals surface area contributed by atoms with Crippen molar-refractivity contribution < 1.29 is 13.0 Å². The summed E-state index contributed by atoms with van der Waals surface area (Å²) in [7, 11) is -4.17. The molecular weight excluding hydrogens is 404 g/mol. The van der Waals surface area contributed by atoms with E-state index in [-0.39, 0.29) is 4.90 Å². The summed E-state index contributed by atoms with van der Waals surface area (Å²) in [5.74, 6) is 0. The van der Waals surface area contributed by atoms with Gasteiger partial charge in [-0.15, -0.1) is 6.58 Å². The lowest BCUT2D eigenvalue weighted by Crippen LogP contribution is -2.07. The number of rotatable bonds is 20. The zero-order chi connectivity index (χ0) is 22.8. The lowest BCUT2D eigenvalue weighted by atomic mass is 9.96. The van der Waals surface area contributed by atoms with E-state index in [0.717, 1.165) is 56.1 Å². The van der Waals surface area contributed by atoms with E-state index in [9.17, 15) is 13.0 Å². The summed E-state index contributed by atoms with van der Waals surface area (Å²) in [4.78, 5) is 0.115. The highest BCUT2D eigenvalue weighted by atomic mass is 32.2. The van der Waals surface area contributed by atoms with Gasteiger partial charge in [0.15, 0.2) is 0 Å². The van der Waals surface area contributed by atoms with Crippen molar-refractivity contribution in [1.29, 1.82) is 0 Å². The molecule has 0 amide bonds. The van der Waals surface area contributed by atoms with Crippen LogP contribution in [0.25, 0.3) is 0 Å². The summed E-state index contributed by atoms with van der Waals surface area (Å²) < 4.78 is 33.5. The van der Waals surface area contributed by atoms with Crippen molar-refractivity contribution in [2.75, 3.05) is 0 Å². The average Bonchev–Trinajstić information content (AvgIpc) is 2.74. The van der Waals surface area contributed by atoms with Crippen LogP contribution in [0, 0.1) is 0 Å².